The second-order valence-electron chi connectivity index (χ2n) is 4.35. The topological polar surface area (TPSA) is 24.9 Å². The van der Waals surface area contributed by atoms with Crippen LogP contribution in [0.1, 0.15) is 5.56 Å². The predicted octanol–water partition coefficient (Wildman–Crippen LogP) is 4.25. The Hall–Kier alpha value is -2.35. The minimum absolute atomic E-state index is 0.838. The summed E-state index contributed by atoms with van der Waals surface area (Å²) < 4.78 is 0. The standard InChI is InChI=1S/C16H14N2/c1-3-17-15-10-11(2)16-13-7-5-4-6-12(13)8-9-14(16)18-15/h3-10H,1H2,2H3,(H,17,18). The minimum Gasteiger partial charge on any atom is -0.347 e. The molecule has 0 saturated carbocycles. The highest BCUT2D eigenvalue weighted by molar-refractivity contribution is 6.08. The van der Waals surface area contributed by atoms with Crippen LogP contribution < -0.4 is 5.32 Å². The third kappa shape index (κ3) is 1.63. The number of pyridine rings is 1. The minimum atomic E-state index is 0.838. The maximum atomic E-state index is 4.59. The first-order valence-corrected chi connectivity index (χ1v) is 5.96. The maximum Gasteiger partial charge on any atom is 0.130 e. The molecule has 0 amide bonds. The zero-order valence-electron chi connectivity index (χ0n) is 10.3. The zero-order chi connectivity index (χ0) is 12.5. The van der Waals surface area contributed by atoms with Crippen molar-refractivity contribution in [3.8, 4) is 0 Å². The Labute approximate surface area is 106 Å². The number of nitrogens with zero attached hydrogens (tertiary/aromatic N) is 1. The Kier molecular flexibility index (Phi) is 2.49. The molecule has 3 aromatic rings. The molecule has 0 atom stereocenters. The summed E-state index contributed by atoms with van der Waals surface area (Å²) in [7, 11) is 0. The van der Waals surface area contributed by atoms with Crippen molar-refractivity contribution in [3.63, 3.8) is 0 Å². The third-order valence-corrected chi connectivity index (χ3v) is 3.15. The van der Waals surface area contributed by atoms with Gasteiger partial charge in [0.25, 0.3) is 0 Å². The molecule has 2 aromatic carbocycles. The van der Waals surface area contributed by atoms with Crippen molar-refractivity contribution in [2.24, 2.45) is 0 Å². The van der Waals surface area contributed by atoms with E-state index in [0.717, 1.165) is 11.3 Å². The van der Waals surface area contributed by atoms with E-state index in [1.54, 1.807) is 6.20 Å². The molecular formula is C16H14N2. The average molecular weight is 234 g/mol. The number of benzene rings is 2. The first kappa shape index (κ1) is 10.8. The van der Waals surface area contributed by atoms with Crippen LogP contribution in [0.4, 0.5) is 5.82 Å². The maximum absolute atomic E-state index is 4.59. The molecule has 1 N–H and O–H groups in total. The summed E-state index contributed by atoms with van der Waals surface area (Å²) in [4.78, 5) is 4.59. The summed E-state index contributed by atoms with van der Waals surface area (Å²) in [5, 5.41) is 6.77. The summed E-state index contributed by atoms with van der Waals surface area (Å²) >= 11 is 0. The van der Waals surface area contributed by atoms with Gasteiger partial charge >= 0.3 is 0 Å². The number of aromatic nitrogens is 1. The summed E-state index contributed by atoms with van der Waals surface area (Å²) in [5.41, 5.74) is 2.24. The largest absolute Gasteiger partial charge is 0.347 e. The van der Waals surface area contributed by atoms with Gasteiger partial charge < -0.3 is 5.32 Å². The van der Waals surface area contributed by atoms with E-state index in [2.05, 4.69) is 66.3 Å². The van der Waals surface area contributed by atoms with Crippen LogP contribution in [0.3, 0.4) is 0 Å². The van der Waals surface area contributed by atoms with Crippen LogP contribution in [-0.2, 0) is 0 Å². The predicted molar refractivity (Wildman–Crippen MR) is 77.8 cm³/mol. The molecule has 1 heterocycles. The Morgan fingerprint density at radius 1 is 1.17 bits per heavy atom. The van der Waals surface area contributed by atoms with Crippen molar-refractivity contribution in [1.82, 2.24) is 4.98 Å². The van der Waals surface area contributed by atoms with E-state index in [-0.39, 0.29) is 0 Å². The Morgan fingerprint density at radius 3 is 2.83 bits per heavy atom. The molecule has 88 valence electrons. The van der Waals surface area contributed by atoms with Gasteiger partial charge in [0.2, 0.25) is 0 Å². The van der Waals surface area contributed by atoms with E-state index in [1.165, 1.54) is 21.7 Å². The molecule has 0 aliphatic carbocycles. The molecule has 0 saturated heterocycles. The van der Waals surface area contributed by atoms with Crippen LogP contribution >= 0.6 is 0 Å². The quantitative estimate of drug-likeness (QED) is 0.670. The summed E-state index contributed by atoms with van der Waals surface area (Å²) in [5.74, 6) is 0.838. The van der Waals surface area contributed by atoms with Gasteiger partial charge in [-0.15, -0.1) is 0 Å². The molecule has 0 radical (unpaired) electrons. The number of anilines is 1. The fourth-order valence-electron chi connectivity index (χ4n) is 2.39. The van der Waals surface area contributed by atoms with Crippen LogP contribution in [0.2, 0.25) is 0 Å². The van der Waals surface area contributed by atoms with E-state index in [9.17, 15) is 0 Å². The van der Waals surface area contributed by atoms with Gasteiger partial charge in [0, 0.05) is 5.39 Å². The van der Waals surface area contributed by atoms with Gasteiger partial charge in [-0.1, -0.05) is 36.9 Å². The van der Waals surface area contributed by atoms with E-state index in [4.69, 9.17) is 0 Å². The van der Waals surface area contributed by atoms with E-state index in [1.807, 2.05) is 0 Å². The third-order valence-electron chi connectivity index (χ3n) is 3.15. The summed E-state index contributed by atoms with van der Waals surface area (Å²) in [6.07, 6.45) is 1.65. The van der Waals surface area contributed by atoms with Gasteiger partial charge in [0.05, 0.1) is 5.52 Å². The van der Waals surface area contributed by atoms with Gasteiger partial charge in [-0.3, -0.25) is 0 Å². The first-order chi connectivity index (χ1) is 8.79. The van der Waals surface area contributed by atoms with Crippen LogP contribution in [0.5, 0.6) is 0 Å². The zero-order valence-corrected chi connectivity index (χ0v) is 10.3. The number of nitrogens with one attached hydrogen (secondary N) is 1. The first-order valence-electron chi connectivity index (χ1n) is 5.96. The Balaban J connectivity index is 2.41. The SMILES string of the molecule is C=CNc1cc(C)c2c(ccc3ccccc32)n1. The van der Waals surface area contributed by atoms with E-state index < -0.39 is 0 Å². The molecule has 0 bridgehead atoms. The number of rotatable bonds is 2. The molecule has 0 spiro atoms. The van der Waals surface area contributed by atoms with Crippen LogP contribution in [0, 0.1) is 6.92 Å². The average Bonchev–Trinajstić information content (AvgIpc) is 2.38. The lowest BCUT2D eigenvalue weighted by Crippen LogP contribution is -1.93. The molecule has 2 heteroatoms. The fourth-order valence-corrected chi connectivity index (χ4v) is 2.39. The molecule has 18 heavy (non-hydrogen) atoms. The molecular weight excluding hydrogens is 220 g/mol. The van der Waals surface area contributed by atoms with Crippen molar-refractivity contribution in [3.05, 3.63) is 60.8 Å². The molecule has 3 rings (SSSR count). The highest BCUT2D eigenvalue weighted by atomic mass is 15.0. The van der Waals surface area contributed by atoms with Gasteiger partial charge in [-0.2, -0.15) is 0 Å². The molecule has 0 fully saturated rings. The van der Waals surface area contributed by atoms with Crippen molar-refractivity contribution >= 4 is 27.5 Å². The van der Waals surface area contributed by atoms with E-state index >= 15 is 0 Å². The Morgan fingerprint density at radius 2 is 2.00 bits per heavy atom. The lowest BCUT2D eigenvalue weighted by molar-refractivity contribution is 1.35. The highest BCUT2D eigenvalue weighted by Gasteiger charge is 2.05. The van der Waals surface area contributed by atoms with Gasteiger partial charge in [0.15, 0.2) is 0 Å². The Bertz CT molecular complexity index is 745. The molecule has 0 aliphatic rings. The van der Waals surface area contributed by atoms with E-state index in [0.29, 0.717) is 0 Å². The normalized spacial score (nSPS) is 10.7. The van der Waals surface area contributed by atoms with Crippen molar-refractivity contribution < 1.29 is 0 Å². The van der Waals surface area contributed by atoms with Gasteiger partial charge in [-0.25, -0.2) is 4.98 Å². The fraction of sp³-hybridized carbons (Fsp3) is 0.0625. The van der Waals surface area contributed by atoms with Crippen LogP contribution in [0.25, 0.3) is 21.7 Å². The number of hydrogen-bond acceptors (Lipinski definition) is 2. The highest BCUT2D eigenvalue weighted by Crippen LogP contribution is 2.28. The van der Waals surface area contributed by atoms with Crippen molar-refractivity contribution in [2.75, 3.05) is 5.32 Å². The lowest BCUT2D eigenvalue weighted by atomic mass is 10.0. The molecule has 0 aliphatic heterocycles. The van der Waals surface area contributed by atoms with Gasteiger partial charge in [0.1, 0.15) is 5.82 Å². The second-order valence-corrected chi connectivity index (χ2v) is 4.35. The monoisotopic (exact) mass is 234 g/mol. The van der Waals surface area contributed by atoms with Crippen molar-refractivity contribution in [1.29, 1.82) is 0 Å². The lowest BCUT2D eigenvalue weighted by Gasteiger charge is -2.09. The van der Waals surface area contributed by atoms with Crippen molar-refractivity contribution in [2.45, 2.75) is 6.92 Å². The van der Waals surface area contributed by atoms with Crippen LogP contribution in [0.15, 0.2) is 55.2 Å². The summed E-state index contributed by atoms with van der Waals surface area (Å²) in [6.45, 7) is 5.78. The molecule has 1 aromatic heterocycles. The number of fused-ring (bicyclic) bond motifs is 3. The molecule has 2 nitrogen and oxygen atoms in total. The smallest absolute Gasteiger partial charge is 0.130 e. The second kappa shape index (κ2) is 4.15. The molecule has 0 unspecified atom stereocenters. The van der Waals surface area contributed by atoms with Gasteiger partial charge in [-0.05, 0) is 41.6 Å². The summed E-state index contributed by atoms with van der Waals surface area (Å²) in [6, 6.07) is 14.6. The number of aryl methyl sites for hydroxylation is 1. The van der Waals surface area contributed by atoms with Crippen LogP contribution in [-0.4, -0.2) is 4.98 Å². The number of hydrogen-bond donors (Lipinski definition) is 1.